The molecule has 0 aromatic carbocycles. The SMILES string of the molecule is CC(NS(=O)(=O)CC1CC2(CC2)CO1)c1cccnc1F. The molecule has 0 amide bonds. The molecular weight excluding hydrogens is 295 g/mol. The molecule has 7 heteroatoms. The van der Waals surface area contributed by atoms with Crippen LogP contribution in [0.5, 0.6) is 0 Å². The Balaban J connectivity index is 1.62. The summed E-state index contributed by atoms with van der Waals surface area (Å²) < 4.78 is 46.0. The molecule has 1 aromatic rings. The standard InChI is InChI=1S/C14H19FN2O3S/c1-10(12-3-2-6-16-13(12)15)17-21(18,19)8-11-7-14(4-5-14)9-20-11/h2-3,6,10-11,17H,4-5,7-9H2,1H3. The summed E-state index contributed by atoms with van der Waals surface area (Å²) in [5, 5.41) is 0. The molecule has 1 saturated carbocycles. The van der Waals surface area contributed by atoms with Crippen LogP contribution in [0.4, 0.5) is 4.39 Å². The summed E-state index contributed by atoms with van der Waals surface area (Å²) in [4.78, 5) is 3.53. The maximum Gasteiger partial charge on any atom is 0.217 e. The van der Waals surface area contributed by atoms with E-state index in [1.54, 1.807) is 13.0 Å². The second-order valence-corrected chi connectivity index (χ2v) is 7.94. The van der Waals surface area contributed by atoms with E-state index in [0.717, 1.165) is 19.3 Å². The van der Waals surface area contributed by atoms with Crippen molar-refractivity contribution in [3.8, 4) is 0 Å². The maximum absolute atomic E-state index is 13.6. The number of aromatic nitrogens is 1. The summed E-state index contributed by atoms with van der Waals surface area (Å²) in [6, 6.07) is 2.46. The Labute approximate surface area is 124 Å². The lowest BCUT2D eigenvalue weighted by molar-refractivity contribution is 0.120. The van der Waals surface area contributed by atoms with Crippen molar-refractivity contribution in [3.63, 3.8) is 0 Å². The summed E-state index contributed by atoms with van der Waals surface area (Å²) >= 11 is 0. The first-order chi connectivity index (χ1) is 9.89. The molecule has 0 bridgehead atoms. The highest BCUT2D eigenvalue weighted by Gasteiger charge is 2.50. The van der Waals surface area contributed by atoms with Crippen molar-refractivity contribution in [3.05, 3.63) is 29.8 Å². The van der Waals surface area contributed by atoms with Gasteiger partial charge in [-0.25, -0.2) is 18.1 Å². The van der Waals surface area contributed by atoms with Crippen LogP contribution in [0.25, 0.3) is 0 Å². The molecule has 1 N–H and O–H groups in total. The molecule has 1 aromatic heterocycles. The molecule has 1 spiro atoms. The molecule has 2 fully saturated rings. The molecular formula is C14H19FN2O3S. The van der Waals surface area contributed by atoms with E-state index in [2.05, 4.69) is 9.71 Å². The van der Waals surface area contributed by atoms with Gasteiger partial charge >= 0.3 is 0 Å². The lowest BCUT2D eigenvalue weighted by Crippen LogP contribution is -2.34. The minimum Gasteiger partial charge on any atom is -0.377 e. The van der Waals surface area contributed by atoms with Crippen LogP contribution in [0.15, 0.2) is 18.3 Å². The van der Waals surface area contributed by atoms with Crippen molar-refractivity contribution in [1.29, 1.82) is 0 Å². The smallest absolute Gasteiger partial charge is 0.217 e. The van der Waals surface area contributed by atoms with Gasteiger partial charge in [0.05, 0.1) is 18.5 Å². The van der Waals surface area contributed by atoms with Crippen LogP contribution in [0.3, 0.4) is 0 Å². The van der Waals surface area contributed by atoms with Gasteiger partial charge in [-0.2, -0.15) is 4.39 Å². The van der Waals surface area contributed by atoms with Gasteiger partial charge in [0, 0.05) is 17.8 Å². The molecule has 1 saturated heterocycles. The number of hydrogen-bond donors (Lipinski definition) is 1. The monoisotopic (exact) mass is 314 g/mol. The molecule has 2 unspecified atom stereocenters. The molecule has 1 aliphatic heterocycles. The van der Waals surface area contributed by atoms with Gasteiger partial charge in [-0.3, -0.25) is 0 Å². The Morgan fingerprint density at radius 2 is 2.33 bits per heavy atom. The van der Waals surface area contributed by atoms with Crippen LogP contribution in [-0.2, 0) is 14.8 Å². The van der Waals surface area contributed by atoms with E-state index < -0.39 is 22.0 Å². The van der Waals surface area contributed by atoms with Crippen molar-refractivity contribution in [2.45, 2.75) is 38.3 Å². The third kappa shape index (κ3) is 3.41. The van der Waals surface area contributed by atoms with Crippen molar-refractivity contribution in [2.24, 2.45) is 5.41 Å². The summed E-state index contributed by atoms with van der Waals surface area (Å²) in [5.74, 6) is -0.720. The molecule has 21 heavy (non-hydrogen) atoms. The number of pyridine rings is 1. The number of halogens is 1. The van der Waals surface area contributed by atoms with Gasteiger partial charge in [-0.15, -0.1) is 0 Å². The van der Waals surface area contributed by atoms with Crippen LogP contribution in [0.1, 0.15) is 37.8 Å². The van der Waals surface area contributed by atoms with Crippen LogP contribution in [0, 0.1) is 11.4 Å². The summed E-state index contributed by atoms with van der Waals surface area (Å²) in [5.41, 5.74) is 0.494. The fourth-order valence-corrected chi connectivity index (χ4v) is 4.34. The first-order valence-corrected chi connectivity index (χ1v) is 8.76. The molecule has 2 aliphatic rings. The molecule has 5 nitrogen and oxygen atoms in total. The number of nitrogens with zero attached hydrogens (tertiary/aromatic N) is 1. The van der Waals surface area contributed by atoms with Gasteiger partial charge in [0.2, 0.25) is 16.0 Å². The van der Waals surface area contributed by atoms with Gasteiger partial charge in [0.15, 0.2) is 0 Å². The highest BCUT2D eigenvalue weighted by atomic mass is 32.2. The van der Waals surface area contributed by atoms with Crippen molar-refractivity contribution >= 4 is 10.0 Å². The van der Waals surface area contributed by atoms with Gasteiger partial charge in [-0.1, -0.05) is 6.07 Å². The zero-order valence-electron chi connectivity index (χ0n) is 11.9. The minimum atomic E-state index is -3.52. The average molecular weight is 314 g/mol. The minimum absolute atomic E-state index is 0.0685. The lowest BCUT2D eigenvalue weighted by atomic mass is 10.0. The zero-order valence-corrected chi connectivity index (χ0v) is 12.7. The quantitative estimate of drug-likeness (QED) is 0.841. The Morgan fingerprint density at radius 1 is 1.57 bits per heavy atom. The second kappa shape index (κ2) is 5.30. The van der Waals surface area contributed by atoms with Gasteiger partial charge < -0.3 is 4.74 Å². The Bertz CT molecular complexity index is 631. The van der Waals surface area contributed by atoms with Crippen LogP contribution in [0.2, 0.25) is 0 Å². The van der Waals surface area contributed by atoms with E-state index in [1.165, 1.54) is 12.3 Å². The first-order valence-electron chi connectivity index (χ1n) is 7.11. The number of sulfonamides is 1. The van der Waals surface area contributed by atoms with E-state index >= 15 is 0 Å². The predicted octanol–water partition coefficient (Wildman–Crippen LogP) is 1.77. The van der Waals surface area contributed by atoms with Crippen molar-refractivity contribution in [1.82, 2.24) is 9.71 Å². The Hall–Kier alpha value is -1.05. The topological polar surface area (TPSA) is 68.3 Å². The van der Waals surface area contributed by atoms with Gasteiger partial charge in [-0.05, 0) is 37.7 Å². The fourth-order valence-electron chi connectivity index (χ4n) is 2.87. The molecule has 2 heterocycles. The third-order valence-electron chi connectivity index (χ3n) is 4.26. The lowest BCUT2D eigenvalue weighted by Gasteiger charge is -2.16. The second-order valence-electron chi connectivity index (χ2n) is 6.14. The number of ether oxygens (including phenoxy) is 1. The summed E-state index contributed by atoms with van der Waals surface area (Å²) in [6.07, 6.45) is 4.16. The Kier molecular flexibility index (Phi) is 3.75. The van der Waals surface area contributed by atoms with E-state index in [-0.39, 0.29) is 22.8 Å². The highest BCUT2D eigenvalue weighted by molar-refractivity contribution is 7.89. The van der Waals surface area contributed by atoms with E-state index in [0.29, 0.717) is 6.61 Å². The number of hydrogen-bond acceptors (Lipinski definition) is 4. The molecule has 1 aliphatic carbocycles. The van der Waals surface area contributed by atoms with Crippen molar-refractivity contribution < 1.29 is 17.5 Å². The molecule has 2 atom stereocenters. The fraction of sp³-hybridized carbons (Fsp3) is 0.643. The first kappa shape index (κ1) is 14.9. The molecule has 116 valence electrons. The van der Waals surface area contributed by atoms with Crippen molar-refractivity contribution in [2.75, 3.05) is 12.4 Å². The summed E-state index contributed by atoms with van der Waals surface area (Å²) in [7, 11) is -3.52. The van der Waals surface area contributed by atoms with E-state index in [9.17, 15) is 12.8 Å². The average Bonchev–Trinajstić information content (AvgIpc) is 3.03. The highest BCUT2D eigenvalue weighted by Crippen LogP contribution is 2.53. The summed E-state index contributed by atoms with van der Waals surface area (Å²) in [6.45, 7) is 2.27. The number of nitrogens with one attached hydrogen (secondary N) is 1. The predicted molar refractivity (Wildman–Crippen MR) is 75.6 cm³/mol. The van der Waals surface area contributed by atoms with Crippen LogP contribution in [-0.4, -0.2) is 31.9 Å². The maximum atomic E-state index is 13.6. The van der Waals surface area contributed by atoms with E-state index in [4.69, 9.17) is 4.74 Å². The van der Waals surface area contributed by atoms with Crippen LogP contribution >= 0.6 is 0 Å². The Morgan fingerprint density at radius 3 is 2.95 bits per heavy atom. The largest absolute Gasteiger partial charge is 0.377 e. The van der Waals surface area contributed by atoms with Crippen LogP contribution < -0.4 is 4.72 Å². The van der Waals surface area contributed by atoms with Gasteiger partial charge in [0.1, 0.15) is 0 Å². The normalized spacial score (nSPS) is 25.1. The van der Waals surface area contributed by atoms with E-state index in [1.807, 2.05) is 0 Å². The molecule has 0 radical (unpaired) electrons. The number of rotatable bonds is 5. The zero-order chi connectivity index (χ0) is 15.1. The third-order valence-corrected chi connectivity index (χ3v) is 5.78. The molecule has 3 rings (SSSR count). The van der Waals surface area contributed by atoms with Gasteiger partial charge in [0.25, 0.3) is 0 Å².